The normalized spacial score (nSPS) is 15.7. The second-order valence-corrected chi connectivity index (χ2v) is 6.62. The van der Waals surface area contributed by atoms with Gasteiger partial charge >= 0.3 is 0 Å². The van der Waals surface area contributed by atoms with Crippen LogP contribution in [-0.2, 0) is 9.59 Å². The van der Waals surface area contributed by atoms with E-state index in [1.165, 1.54) is 6.92 Å². The second kappa shape index (κ2) is 6.67. The smallest absolute Gasteiger partial charge is 0.286 e. The number of aryl methyl sites for hydroxylation is 1. The topological polar surface area (TPSA) is 71.7 Å². The van der Waals surface area contributed by atoms with Gasteiger partial charge in [-0.25, -0.2) is 0 Å². The number of amidine groups is 1. The van der Waals surface area contributed by atoms with E-state index in [4.69, 9.17) is 16.0 Å². The summed E-state index contributed by atoms with van der Waals surface area (Å²) in [6, 6.07) is 9.25. The number of benzene rings is 1. The predicted molar refractivity (Wildman–Crippen MR) is 95.7 cm³/mol. The van der Waals surface area contributed by atoms with Crippen LogP contribution < -0.4 is 5.32 Å². The van der Waals surface area contributed by atoms with Crippen molar-refractivity contribution in [3.05, 3.63) is 51.6 Å². The molecule has 0 atom stereocenters. The third-order valence-electron chi connectivity index (χ3n) is 3.26. The zero-order valence-electron chi connectivity index (χ0n) is 12.9. The molecule has 24 heavy (non-hydrogen) atoms. The molecule has 2 amide bonds. The summed E-state index contributed by atoms with van der Waals surface area (Å²) in [5, 5.41) is 3.44. The summed E-state index contributed by atoms with van der Waals surface area (Å²) in [5.41, 5.74) is 1.85. The molecule has 2 heterocycles. The summed E-state index contributed by atoms with van der Waals surface area (Å²) in [5.74, 6) is 0.505. The number of furan rings is 1. The monoisotopic (exact) mass is 360 g/mol. The number of halogens is 1. The van der Waals surface area contributed by atoms with E-state index in [-0.39, 0.29) is 11.1 Å². The van der Waals surface area contributed by atoms with Gasteiger partial charge in [-0.1, -0.05) is 23.7 Å². The molecule has 0 spiro atoms. The van der Waals surface area contributed by atoms with Crippen LogP contribution >= 0.6 is 23.4 Å². The number of hydrogen-bond donors (Lipinski definition) is 1. The highest BCUT2D eigenvalue weighted by Gasteiger charge is 2.23. The summed E-state index contributed by atoms with van der Waals surface area (Å²) >= 11 is 7.23. The minimum atomic E-state index is -0.403. The minimum Gasteiger partial charge on any atom is -0.457 e. The van der Waals surface area contributed by atoms with Crippen LogP contribution in [0.4, 0.5) is 0 Å². The molecule has 0 fully saturated rings. The largest absolute Gasteiger partial charge is 0.457 e. The molecule has 0 aliphatic carbocycles. The first-order chi connectivity index (χ1) is 11.4. The summed E-state index contributed by atoms with van der Waals surface area (Å²) in [6.45, 7) is 3.29. The van der Waals surface area contributed by atoms with Crippen molar-refractivity contribution in [2.75, 3.05) is 0 Å². The number of nitrogens with one attached hydrogen (secondary N) is 1. The summed E-state index contributed by atoms with van der Waals surface area (Å²) in [6.07, 6.45) is 1.60. The van der Waals surface area contributed by atoms with E-state index in [0.29, 0.717) is 21.4 Å². The van der Waals surface area contributed by atoms with Crippen LogP contribution in [0.5, 0.6) is 0 Å². The fourth-order valence-corrected chi connectivity index (χ4v) is 3.09. The lowest BCUT2D eigenvalue weighted by Gasteiger charge is -2.01. The molecule has 0 radical (unpaired) electrons. The van der Waals surface area contributed by atoms with Gasteiger partial charge in [0.25, 0.3) is 5.91 Å². The fraction of sp³-hybridized carbons (Fsp3) is 0.118. The number of thioether (sulfide) groups is 1. The lowest BCUT2D eigenvalue weighted by atomic mass is 10.1. The van der Waals surface area contributed by atoms with Crippen molar-refractivity contribution in [2.24, 2.45) is 4.99 Å². The molecule has 3 rings (SSSR count). The first-order valence-corrected chi connectivity index (χ1v) is 8.28. The Bertz CT molecular complexity index is 899. The van der Waals surface area contributed by atoms with E-state index < -0.39 is 5.91 Å². The molecular weight excluding hydrogens is 348 g/mol. The van der Waals surface area contributed by atoms with Crippen LogP contribution in [0.25, 0.3) is 17.4 Å². The summed E-state index contributed by atoms with van der Waals surface area (Å²) in [4.78, 5) is 27.0. The zero-order valence-corrected chi connectivity index (χ0v) is 14.5. The Morgan fingerprint density at radius 2 is 2.12 bits per heavy atom. The number of hydrogen-bond acceptors (Lipinski definition) is 4. The third-order valence-corrected chi connectivity index (χ3v) is 4.57. The van der Waals surface area contributed by atoms with Crippen LogP contribution in [0.15, 0.2) is 44.6 Å². The predicted octanol–water partition coefficient (Wildman–Crippen LogP) is 4.01. The molecule has 1 aromatic carbocycles. The van der Waals surface area contributed by atoms with Gasteiger partial charge in [-0.05, 0) is 42.4 Å². The number of amides is 2. The maximum absolute atomic E-state index is 11.8. The van der Waals surface area contributed by atoms with Crippen molar-refractivity contribution in [3.8, 4) is 11.3 Å². The number of carbonyl (C=O) groups excluding carboxylic acids is 2. The highest BCUT2D eigenvalue weighted by molar-refractivity contribution is 8.18. The van der Waals surface area contributed by atoms with E-state index in [1.807, 2.05) is 31.2 Å². The molecule has 1 aromatic heterocycles. The van der Waals surface area contributed by atoms with Crippen molar-refractivity contribution in [1.29, 1.82) is 0 Å². The Morgan fingerprint density at radius 1 is 1.33 bits per heavy atom. The van der Waals surface area contributed by atoms with Crippen molar-refractivity contribution < 1.29 is 14.0 Å². The van der Waals surface area contributed by atoms with Gasteiger partial charge in [0.2, 0.25) is 5.91 Å². The lowest BCUT2D eigenvalue weighted by Crippen LogP contribution is -2.23. The van der Waals surface area contributed by atoms with E-state index in [1.54, 1.807) is 12.1 Å². The molecule has 2 aromatic rings. The van der Waals surface area contributed by atoms with Crippen LogP contribution in [0.3, 0.4) is 0 Å². The Balaban J connectivity index is 1.80. The van der Waals surface area contributed by atoms with Crippen LogP contribution in [-0.4, -0.2) is 17.0 Å². The fourth-order valence-electron chi connectivity index (χ4n) is 2.07. The standard InChI is InChI=1S/C17H13ClN2O3S/c1-9-3-4-11(7-13(9)18)14-6-5-12(23-14)8-15-16(22)20-17(24-15)19-10(2)21/h3-8H,1-2H3,(H,19,20,21,22)/b15-8-. The summed E-state index contributed by atoms with van der Waals surface area (Å²) in [7, 11) is 0. The molecule has 0 bridgehead atoms. The SMILES string of the molecule is CC(=O)NC1=NC(=O)/C(=C/c2ccc(-c3ccc(C)c(Cl)c3)o2)S1. The maximum atomic E-state index is 11.8. The van der Waals surface area contributed by atoms with Gasteiger partial charge in [-0.15, -0.1) is 0 Å². The van der Waals surface area contributed by atoms with Gasteiger partial charge in [0.05, 0.1) is 4.91 Å². The molecule has 0 unspecified atom stereocenters. The summed E-state index contributed by atoms with van der Waals surface area (Å²) < 4.78 is 5.75. The Kier molecular flexibility index (Phi) is 4.59. The van der Waals surface area contributed by atoms with Crippen molar-refractivity contribution in [3.63, 3.8) is 0 Å². The molecular formula is C17H13ClN2O3S. The van der Waals surface area contributed by atoms with Gasteiger partial charge in [0, 0.05) is 23.6 Å². The van der Waals surface area contributed by atoms with Gasteiger partial charge in [-0.3, -0.25) is 9.59 Å². The Hall–Kier alpha value is -2.31. The quantitative estimate of drug-likeness (QED) is 0.821. The van der Waals surface area contributed by atoms with Crippen molar-refractivity contribution >= 4 is 46.4 Å². The average Bonchev–Trinajstić information content (AvgIpc) is 3.09. The Morgan fingerprint density at radius 3 is 2.83 bits per heavy atom. The molecule has 7 heteroatoms. The number of aliphatic imine (C=N–C) groups is 1. The van der Waals surface area contributed by atoms with Crippen molar-refractivity contribution in [1.82, 2.24) is 5.32 Å². The van der Waals surface area contributed by atoms with Crippen LogP contribution in [0, 0.1) is 6.92 Å². The molecule has 0 saturated carbocycles. The van der Waals surface area contributed by atoms with Gasteiger partial charge in [0.1, 0.15) is 11.5 Å². The lowest BCUT2D eigenvalue weighted by molar-refractivity contribution is -0.117. The molecule has 122 valence electrons. The molecule has 1 aliphatic rings. The highest BCUT2D eigenvalue weighted by atomic mass is 35.5. The zero-order chi connectivity index (χ0) is 17.3. The first-order valence-electron chi connectivity index (χ1n) is 7.09. The highest BCUT2D eigenvalue weighted by Crippen LogP contribution is 2.31. The van der Waals surface area contributed by atoms with E-state index in [0.717, 1.165) is 22.9 Å². The molecule has 1 aliphatic heterocycles. The van der Waals surface area contributed by atoms with E-state index in [9.17, 15) is 9.59 Å². The number of carbonyl (C=O) groups is 2. The second-order valence-electron chi connectivity index (χ2n) is 5.18. The number of nitrogens with zero attached hydrogens (tertiary/aromatic N) is 1. The van der Waals surface area contributed by atoms with E-state index >= 15 is 0 Å². The number of rotatable bonds is 2. The van der Waals surface area contributed by atoms with Crippen LogP contribution in [0.2, 0.25) is 5.02 Å². The third kappa shape index (κ3) is 3.60. The molecule has 1 N–H and O–H groups in total. The van der Waals surface area contributed by atoms with Gasteiger partial charge in [0.15, 0.2) is 5.17 Å². The van der Waals surface area contributed by atoms with E-state index in [2.05, 4.69) is 10.3 Å². The first kappa shape index (κ1) is 16.5. The molecule has 0 saturated heterocycles. The Labute approximate surface area is 147 Å². The maximum Gasteiger partial charge on any atom is 0.286 e. The minimum absolute atomic E-state index is 0.271. The van der Waals surface area contributed by atoms with Gasteiger partial charge < -0.3 is 9.73 Å². The average molecular weight is 361 g/mol. The van der Waals surface area contributed by atoms with Crippen LogP contribution in [0.1, 0.15) is 18.2 Å². The van der Waals surface area contributed by atoms with Gasteiger partial charge in [-0.2, -0.15) is 4.99 Å². The molecule has 5 nitrogen and oxygen atoms in total. The van der Waals surface area contributed by atoms with Crippen molar-refractivity contribution in [2.45, 2.75) is 13.8 Å².